The Morgan fingerprint density at radius 2 is 2.29 bits per heavy atom. The zero-order valence-electron chi connectivity index (χ0n) is 8.71. The molecule has 7 heteroatoms. The van der Waals surface area contributed by atoms with E-state index in [4.69, 9.17) is 10.4 Å². The van der Waals surface area contributed by atoms with Gasteiger partial charge in [0.25, 0.3) is 5.69 Å². The molecule has 0 saturated carbocycles. The van der Waals surface area contributed by atoms with Crippen molar-refractivity contribution < 1.29 is 14.8 Å². The Morgan fingerprint density at radius 1 is 1.59 bits per heavy atom. The standard InChI is InChI=1S/C10H9N3O4/c11-6-7-5-8(13(16)17)1-2-9(7)12-4-3-10(14)15/h1-2,5,12H,3-4H2,(H,14,15). The molecule has 1 aromatic carbocycles. The molecule has 0 unspecified atom stereocenters. The lowest BCUT2D eigenvalue weighted by molar-refractivity contribution is -0.384. The summed E-state index contributed by atoms with van der Waals surface area (Å²) in [4.78, 5) is 20.2. The number of nitrogens with zero attached hydrogens (tertiary/aromatic N) is 2. The molecule has 0 spiro atoms. The number of carboxylic acid groups (broad SMARTS) is 1. The first-order valence-corrected chi connectivity index (χ1v) is 4.69. The van der Waals surface area contributed by atoms with E-state index in [-0.39, 0.29) is 24.2 Å². The van der Waals surface area contributed by atoms with Crippen LogP contribution in [0.4, 0.5) is 11.4 Å². The Morgan fingerprint density at radius 3 is 2.82 bits per heavy atom. The molecule has 7 nitrogen and oxygen atoms in total. The summed E-state index contributed by atoms with van der Waals surface area (Å²) in [6.45, 7) is 0.155. The summed E-state index contributed by atoms with van der Waals surface area (Å²) < 4.78 is 0. The summed E-state index contributed by atoms with van der Waals surface area (Å²) in [5.41, 5.74) is 0.328. The van der Waals surface area contributed by atoms with E-state index in [1.165, 1.54) is 12.1 Å². The minimum Gasteiger partial charge on any atom is -0.481 e. The van der Waals surface area contributed by atoms with Crippen LogP contribution in [-0.2, 0) is 4.79 Å². The number of nitro groups is 1. The zero-order chi connectivity index (χ0) is 12.8. The van der Waals surface area contributed by atoms with Crippen LogP contribution in [0.1, 0.15) is 12.0 Å². The highest BCUT2D eigenvalue weighted by atomic mass is 16.6. The summed E-state index contributed by atoms with van der Waals surface area (Å²) in [6.07, 6.45) is -0.0954. The van der Waals surface area contributed by atoms with Crippen molar-refractivity contribution in [2.24, 2.45) is 0 Å². The van der Waals surface area contributed by atoms with Gasteiger partial charge in [0.15, 0.2) is 0 Å². The number of carbonyl (C=O) groups is 1. The molecule has 0 atom stereocenters. The van der Waals surface area contributed by atoms with Crippen molar-refractivity contribution >= 4 is 17.3 Å². The predicted octanol–water partition coefficient (Wildman–Crippen LogP) is 1.35. The maximum Gasteiger partial charge on any atom is 0.305 e. The number of anilines is 1. The van der Waals surface area contributed by atoms with Gasteiger partial charge in [-0.2, -0.15) is 5.26 Å². The molecule has 0 saturated heterocycles. The molecule has 1 rings (SSSR count). The van der Waals surface area contributed by atoms with E-state index >= 15 is 0 Å². The van der Waals surface area contributed by atoms with Crippen LogP contribution in [0, 0.1) is 21.4 Å². The summed E-state index contributed by atoms with van der Waals surface area (Å²) in [5, 5.41) is 30.5. The SMILES string of the molecule is N#Cc1cc([N+](=O)[O-])ccc1NCCC(=O)O. The first-order chi connectivity index (χ1) is 8.04. The number of hydrogen-bond acceptors (Lipinski definition) is 5. The second-order valence-electron chi connectivity index (χ2n) is 3.17. The van der Waals surface area contributed by atoms with E-state index in [1.807, 2.05) is 6.07 Å². The van der Waals surface area contributed by atoms with Crippen LogP contribution in [0.25, 0.3) is 0 Å². The topological polar surface area (TPSA) is 116 Å². The van der Waals surface area contributed by atoms with E-state index in [1.54, 1.807) is 0 Å². The molecule has 0 radical (unpaired) electrons. The van der Waals surface area contributed by atoms with Crippen molar-refractivity contribution in [2.45, 2.75) is 6.42 Å². The van der Waals surface area contributed by atoms with E-state index in [2.05, 4.69) is 5.32 Å². The maximum atomic E-state index is 10.5. The molecule has 88 valence electrons. The van der Waals surface area contributed by atoms with Gasteiger partial charge in [-0.25, -0.2) is 0 Å². The average molecular weight is 235 g/mol. The molecular formula is C10H9N3O4. The van der Waals surface area contributed by atoms with E-state index < -0.39 is 10.9 Å². The molecule has 0 heterocycles. The lowest BCUT2D eigenvalue weighted by Gasteiger charge is -2.06. The minimum atomic E-state index is -0.960. The lowest BCUT2D eigenvalue weighted by Crippen LogP contribution is -2.08. The molecule has 2 N–H and O–H groups in total. The largest absolute Gasteiger partial charge is 0.481 e. The lowest BCUT2D eigenvalue weighted by atomic mass is 10.1. The molecule has 0 aliphatic heterocycles. The third-order valence-electron chi connectivity index (χ3n) is 1.99. The number of rotatable bonds is 5. The van der Waals surface area contributed by atoms with E-state index in [0.717, 1.165) is 6.07 Å². The number of nitrogens with one attached hydrogen (secondary N) is 1. The van der Waals surface area contributed by atoms with Gasteiger partial charge in [0, 0.05) is 18.7 Å². The van der Waals surface area contributed by atoms with Crippen LogP contribution in [0.5, 0.6) is 0 Å². The third kappa shape index (κ3) is 3.46. The highest BCUT2D eigenvalue weighted by Gasteiger charge is 2.10. The second-order valence-corrected chi connectivity index (χ2v) is 3.17. The zero-order valence-corrected chi connectivity index (χ0v) is 8.71. The summed E-state index contributed by atoms with van der Waals surface area (Å²) in [7, 11) is 0. The fourth-order valence-corrected chi connectivity index (χ4v) is 1.20. The van der Waals surface area contributed by atoms with Crippen LogP contribution in [-0.4, -0.2) is 22.5 Å². The van der Waals surface area contributed by atoms with Gasteiger partial charge in [-0.05, 0) is 6.07 Å². The number of nitro benzene ring substituents is 1. The van der Waals surface area contributed by atoms with Gasteiger partial charge in [0.1, 0.15) is 6.07 Å². The van der Waals surface area contributed by atoms with Gasteiger partial charge in [0.05, 0.1) is 22.6 Å². The molecular weight excluding hydrogens is 226 g/mol. The second kappa shape index (κ2) is 5.46. The molecule has 0 fully saturated rings. The van der Waals surface area contributed by atoms with Crippen molar-refractivity contribution in [3.63, 3.8) is 0 Å². The van der Waals surface area contributed by atoms with Gasteiger partial charge >= 0.3 is 5.97 Å². The normalized spacial score (nSPS) is 9.35. The average Bonchev–Trinajstić information content (AvgIpc) is 2.28. The van der Waals surface area contributed by atoms with Crippen molar-refractivity contribution in [3.05, 3.63) is 33.9 Å². The number of benzene rings is 1. The van der Waals surface area contributed by atoms with E-state index in [9.17, 15) is 14.9 Å². The Balaban J connectivity index is 2.83. The van der Waals surface area contributed by atoms with Crippen LogP contribution in [0.2, 0.25) is 0 Å². The molecule has 0 amide bonds. The first kappa shape index (κ1) is 12.4. The monoisotopic (exact) mass is 235 g/mol. The van der Waals surface area contributed by atoms with Crippen molar-refractivity contribution in [1.82, 2.24) is 0 Å². The number of non-ortho nitro benzene ring substituents is 1. The highest BCUT2D eigenvalue weighted by molar-refractivity contribution is 5.68. The molecule has 0 bridgehead atoms. The number of nitriles is 1. The van der Waals surface area contributed by atoms with Crippen LogP contribution < -0.4 is 5.32 Å². The minimum absolute atomic E-state index is 0.0954. The Hall–Kier alpha value is -2.62. The molecule has 1 aromatic rings. The molecule has 17 heavy (non-hydrogen) atoms. The van der Waals surface area contributed by atoms with Crippen molar-refractivity contribution in [3.8, 4) is 6.07 Å². The summed E-state index contributed by atoms with van der Waals surface area (Å²) in [6, 6.07) is 5.60. The quantitative estimate of drug-likeness (QED) is 0.587. The Bertz CT molecular complexity index is 493. The number of carboxylic acids is 1. The number of hydrogen-bond donors (Lipinski definition) is 2. The van der Waals surface area contributed by atoms with Crippen molar-refractivity contribution in [1.29, 1.82) is 5.26 Å². The molecule has 0 aromatic heterocycles. The van der Waals surface area contributed by atoms with Gasteiger partial charge in [-0.15, -0.1) is 0 Å². The number of aliphatic carboxylic acids is 1. The summed E-state index contributed by atoms with van der Waals surface area (Å²) >= 11 is 0. The van der Waals surface area contributed by atoms with Gasteiger partial charge in [0.2, 0.25) is 0 Å². The molecule has 0 aliphatic rings. The van der Waals surface area contributed by atoms with Gasteiger partial charge in [-0.1, -0.05) is 0 Å². The van der Waals surface area contributed by atoms with Crippen LogP contribution in [0.3, 0.4) is 0 Å². The Labute approximate surface area is 96.4 Å². The first-order valence-electron chi connectivity index (χ1n) is 4.69. The molecule has 0 aliphatic carbocycles. The maximum absolute atomic E-state index is 10.5. The summed E-state index contributed by atoms with van der Waals surface area (Å²) in [5.74, 6) is -0.960. The predicted molar refractivity (Wildman–Crippen MR) is 58.6 cm³/mol. The fraction of sp³-hybridized carbons (Fsp3) is 0.200. The third-order valence-corrected chi connectivity index (χ3v) is 1.99. The smallest absolute Gasteiger partial charge is 0.305 e. The highest BCUT2D eigenvalue weighted by Crippen LogP contribution is 2.21. The van der Waals surface area contributed by atoms with Crippen LogP contribution >= 0.6 is 0 Å². The van der Waals surface area contributed by atoms with Crippen LogP contribution in [0.15, 0.2) is 18.2 Å². The van der Waals surface area contributed by atoms with E-state index in [0.29, 0.717) is 5.69 Å². The van der Waals surface area contributed by atoms with Gasteiger partial charge < -0.3 is 10.4 Å². The Kier molecular flexibility index (Phi) is 4.00. The fourth-order valence-electron chi connectivity index (χ4n) is 1.20. The van der Waals surface area contributed by atoms with Gasteiger partial charge in [-0.3, -0.25) is 14.9 Å². The van der Waals surface area contributed by atoms with Crippen molar-refractivity contribution in [2.75, 3.05) is 11.9 Å².